The number of aliphatic hydroxyl groups excluding tert-OH is 3. The molecule has 0 aliphatic carbocycles. The summed E-state index contributed by atoms with van der Waals surface area (Å²) in [7, 11) is 1.40. The van der Waals surface area contributed by atoms with Crippen molar-refractivity contribution < 1.29 is 42.7 Å². The molecule has 0 aromatic heterocycles. The standard InChI is InChI=1S/C22H24ClF3O6/c1-30-21(10-18(28)20(29)19(11-27)32-21)15-4-7-17(23)14(9-15)8-13-2-5-16(6-3-13)31-12-22(24,25)26/h2-7,9,18-20,27-29H,8,10-12H2,1H3/t18?,19?,20-,21+/m0/s1. The summed E-state index contributed by atoms with van der Waals surface area (Å²) in [6.07, 6.45) is -7.59. The largest absolute Gasteiger partial charge is 0.484 e. The molecule has 176 valence electrons. The third-order valence-electron chi connectivity index (χ3n) is 5.31. The molecule has 0 bridgehead atoms. The van der Waals surface area contributed by atoms with E-state index in [2.05, 4.69) is 0 Å². The highest BCUT2D eigenvalue weighted by Crippen LogP contribution is 2.40. The van der Waals surface area contributed by atoms with Gasteiger partial charge in [0.15, 0.2) is 12.4 Å². The van der Waals surface area contributed by atoms with Crippen LogP contribution in [0.25, 0.3) is 0 Å². The average Bonchev–Trinajstić information content (AvgIpc) is 2.76. The second kappa shape index (κ2) is 9.94. The van der Waals surface area contributed by atoms with E-state index < -0.39 is 43.5 Å². The first kappa shape index (κ1) is 24.8. The predicted octanol–water partition coefficient (Wildman–Crippen LogP) is 3.17. The van der Waals surface area contributed by atoms with Crippen LogP contribution in [0.3, 0.4) is 0 Å². The molecule has 2 aromatic rings. The van der Waals surface area contributed by atoms with Crippen molar-refractivity contribution in [2.45, 2.75) is 43.1 Å². The average molecular weight is 477 g/mol. The van der Waals surface area contributed by atoms with E-state index in [1.807, 2.05) is 0 Å². The van der Waals surface area contributed by atoms with E-state index in [4.69, 9.17) is 25.8 Å². The fourth-order valence-electron chi connectivity index (χ4n) is 3.62. The number of benzene rings is 2. The number of alkyl halides is 3. The van der Waals surface area contributed by atoms with Crippen molar-refractivity contribution in [1.29, 1.82) is 0 Å². The van der Waals surface area contributed by atoms with Crippen molar-refractivity contribution in [3.05, 3.63) is 64.2 Å². The molecule has 1 aliphatic heterocycles. The van der Waals surface area contributed by atoms with Gasteiger partial charge in [0, 0.05) is 24.1 Å². The Hall–Kier alpha value is -1.88. The summed E-state index contributed by atoms with van der Waals surface area (Å²) in [4.78, 5) is 0. The molecule has 4 atom stereocenters. The SMILES string of the molecule is CO[C@]1(c2ccc(Cl)c(Cc3ccc(OCC(F)(F)F)cc3)c2)CC(O)[C@H](O)C(CO)O1. The van der Waals surface area contributed by atoms with Crippen LogP contribution >= 0.6 is 11.6 Å². The zero-order chi connectivity index (χ0) is 23.5. The zero-order valence-corrected chi connectivity index (χ0v) is 17.9. The van der Waals surface area contributed by atoms with Gasteiger partial charge < -0.3 is 29.5 Å². The van der Waals surface area contributed by atoms with Crippen LogP contribution in [0.4, 0.5) is 13.2 Å². The number of ether oxygens (including phenoxy) is 3. The first-order valence-corrected chi connectivity index (χ1v) is 10.2. The van der Waals surface area contributed by atoms with Gasteiger partial charge in [-0.2, -0.15) is 13.2 Å². The molecule has 0 spiro atoms. The third-order valence-corrected chi connectivity index (χ3v) is 5.68. The van der Waals surface area contributed by atoms with Crippen molar-refractivity contribution in [3.63, 3.8) is 0 Å². The van der Waals surface area contributed by atoms with Crippen LogP contribution < -0.4 is 4.74 Å². The van der Waals surface area contributed by atoms with Crippen LogP contribution in [0, 0.1) is 0 Å². The number of methoxy groups -OCH3 is 1. The fraction of sp³-hybridized carbons (Fsp3) is 0.455. The summed E-state index contributed by atoms with van der Waals surface area (Å²) in [5.74, 6) is -1.30. The van der Waals surface area contributed by atoms with Crippen molar-refractivity contribution >= 4 is 11.6 Å². The molecule has 0 amide bonds. The van der Waals surface area contributed by atoms with E-state index in [0.717, 1.165) is 5.56 Å². The van der Waals surface area contributed by atoms with Gasteiger partial charge in [-0.15, -0.1) is 0 Å². The van der Waals surface area contributed by atoms with E-state index in [0.29, 0.717) is 22.6 Å². The van der Waals surface area contributed by atoms with E-state index in [-0.39, 0.29) is 12.2 Å². The van der Waals surface area contributed by atoms with Gasteiger partial charge >= 0.3 is 6.18 Å². The van der Waals surface area contributed by atoms with Gasteiger partial charge in [-0.3, -0.25) is 0 Å². The monoisotopic (exact) mass is 476 g/mol. The second-order valence-electron chi connectivity index (χ2n) is 7.59. The van der Waals surface area contributed by atoms with Crippen LogP contribution in [-0.4, -0.2) is 60.1 Å². The molecule has 6 nitrogen and oxygen atoms in total. The highest BCUT2D eigenvalue weighted by Gasteiger charge is 2.47. The van der Waals surface area contributed by atoms with Crippen molar-refractivity contribution in [2.75, 3.05) is 20.3 Å². The Labute approximate surface area is 188 Å². The highest BCUT2D eigenvalue weighted by molar-refractivity contribution is 6.31. The maximum absolute atomic E-state index is 12.3. The Morgan fingerprint density at radius 1 is 1.16 bits per heavy atom. The molecule has 3 N–H and O–H groups in total. The highest BCUT2D eigenvalue weighted by atomic mass is 35.5. The fourth-order valence-corrected chi connectivity index (χ4v) is 3.81. The van der Waals surface area contributed by atoms with Gasteiger partial charge in [-0.25, -0.2) is 0 Å². The summed E-state index contributed by atoms with van der Waals surface area (Å²) >= 11 is 6.35. The smallest absolute Gasteiger partial charge is 0.422 e. The maximum atomic E-state index is 12.3. The quantitative estimate of drug-likeness (QED) is 0.569. The molecule has 3 rings (SSSR count). The Balaban J connectivity index is 1.81. The summed E-state index contributed by atoms with van der Waals surface area (Å²) in [5, 5.41) is 30.2. The second-order valence-corrected chi connectivity index (χ2v) is 8.00. The normalized spacial score (nSPS) is 26.2. The van der Waals surface area contributed by atoms with Crippen LogP contribution in [0.1, 0.15) is 23.1 Å². The number of hydrogen-bond donors (Lipinski definition) is 3. The van der Waals surface area contributed by atoms with Gasteiger partial charge in [0.05, 0.1) is 12.7 Å². The zero-order valence-electron chi connectivity index (χ0n) is 17.2. The van der Waals surface area contributed by atoms with Gasteiger partial charge in [0.2, 0.25) is 0 Å². The minimum absolute atomic E-state index is 0.0620. The first-order chi connectivity index (χ1) is 15.1. The maximum Gasteiger partial charge on any atom is 0.422 e. The Bertz CT molecular complexity index is 908. The number of halogens is 4. The lowest BCUT2D eigenvalue weighted by molar-refractivity contribution is -0.323. The molecule has 2 aromatic carbocycles. The van der Waals surface area contributed by atoms with Crippen molar-refractivity contribution in [3.8, 4) is 5.75 Å². The number of aliphatic hydroxyl groups is 3. The number of hydrogen-bond acceptors (Lipinski definition) is 6. The molecule has 32 heavy (non-hydrogen) atoms. The molecule has 1 saturated heterocycles. The van der Waals surface area contributed by atoms with Gasteiger partial charge in [-0.1, -0.05) is 29.8 Å². The molecule has 0 radical (unpaired) electrons. The van der Waals surface area contributed by atoms with E-state index in [1.165, 1.54) is 19.2 Å². The lowest BCUT2D eigenvalue weighted by Gasteiger charge is -2.44. The Morgan fingerprint density at radius 2 is 1.84 bits per heavy atom. The topological polar surface area (TPSA) is 88.4 Å². The summed E-state index contributed by atoms with van der Waals surface area (Å²) in [6.45, 7) is -1.87. The van der Waals surface area contributed by atoms with Crippen LogP contribution in [0.15, 0.2) is 42.5 Å². The van der Waals surface area contributed by atoms with Gasteiger partial charge in [-0.05, 0) is 41.8 Å². The summed E-state index contributed by atoms with van der Waals surface area (Å²) in [6, 6.07) is 11.2. The van der Waals surface area contributed by atoms with Crippen LogP contribution in [0.2, 0.25) is 5.02 Å². The van der Waals surface area contributed by atoms with Crippen LogP contribution in [-0.2, 0) is 21.7 Å². The van der Waals surface area contributed by atoms with Gasteiger partial charge in [0.1, 0.15) is 18.0 Å². The van der Waals surface area contributed by atoms with Crippen LogP contribution in [0.5, 0.6) is 5.75 Å². The van der Waals surface area contributed by atoms with E-state index in [1.54, 1.807) is 30.3 Å². The molecular formula is C22H24ClF3O6. The molecule has 1 heterocycles. The summed E-state index contributed by atoms with van der Waals surface area (Å²) in [5.41, 5.74) is 2.01. The molecule has 0 saturated carbocycles. The lowest BCUT2D eigenvalue weighted by Crippen LogP contribution is -2.55. The van der Waals surface area contributed by atoms with Gasteiger partial charge in [0.25, 0.3) is 0 Å². The number of rotatable bonds is 7. The predicted molar refractivity (Wildman–Crippen MR) is 110 cm³/mol. The van der Waals surface area contributed by atoms with E-state index >= 15 is 0 Å². The molecule has 1 aliphatic rings. The third kappa shape index (κ3) is 5.72. The lowest BCUT2D eigenvalue weighted by atomic mass is 9.89. The molecule has 10 heteroatoms. The Kier molecular flexibility index (Phi) is 7.69. The van der Waals surface area contributed by atoms with Crippen molar-refractivity contribution in [1.82, 2.24) is 0 Å². The molecular weight excluding hydrogens is 453 g/mol. The summed E-state index contributed by atoms with van der Waals surface area (Å²) < 4.78 is 53.0. The minimum atomic E-state index is -4.41. The van der Waals surface area contributed by atoms with Crippen molar-refractivity contribution in [2.24, 2.45) is 0 Å². The molecule has 2 unspecified atom stereocenters. The Morgan fingerprint density at radius 3 is 2.44 bits per heavy atom. The first-order valence-electron chi connectivity index (χ1n) is 9.84. The van der Waals surface area contributed by atoms with E-state index in [9.17, 15) is 28.5 Å². The minimum Gasteiger partial charge on any atom is -0.484 e. The molecule has 1 fully saturated rings.